The zero-order valence-corrected chi connectivity index (χ0v) is 12.3. The minimum absolute atomic E-state index is 0.0292. The van der Waals surface area contributed by atoms with Crippen LogP contribution in [0.25, 0.3) is 0 Å². The molecule has 0 saturated carbocycles. The van der Waals surface area contributed by atoms with Crippen molar-refractivity contribution in [1.82, 2.24) is 25.1 Å². The number of nitrogens with zero attached hydrogens (tertiary/aromatic N) is 5. The fourth-order valence-corrected chi connectivity index (χ4v) is 2.58. The Balaban J connectivity index is 1.49. The molecule has 1 aliphatic rings. The molecule has 2 heterocycles. The fraction of sp³-hybridized carbons (Fsp3) is 0.467. The van der Waals surface area contributed by atoms with E-state index in [1.807, 2.05) is 35.2 Å². The van der Waals surface area contributed by atoms with Crippen LogP contribution in [0.4, 0.5) is 0 Å². The lowest BCUT2D eigenvalue weighted by Crippen LogP contribution is -2.42. The molecule has 0 bridgehead atoms. The molecular formula is C15H19N5O2. The standard InChI is InChI=1S/C15H19N5O2/c21-15(7-4-8-20-12-16-17-18-20)19-9-10-22-14(11-19)13-5-2-1-3-6-13/h1-3,5-6,12,14H,4,7-11H2/t14-/m0/s1. The van der Waals surface area contributed by atoms with Gasteiger partial charge in [0.25, 0.3) is 0 Å². The van der Waals surface area contributed by atoms with E-state index in [0.29, 0.717) is 32.7 Å². The first-order chi connectivity index (χ1) is 10.8. The zero-order valence-electron chi connectivity index (χ0n) is 12.3. The smallest absolute Gasteiger partial charge is 0.222 e. The summed E-state index contributed by atoms with van der Waals surface area (Å²) < 4.78 is 7.42. The topological polar surface area (TPSA) is 73.1 Å². The maximum absolute atomic E-state index is 12.3. The van der Waals surface area contributed by atoms with Crippen molar-refractivity contribution in [2.24, 2.45) is 0 Å². The summed E-state index contributed by atoms with van der Waals surface area (Å²) in [6.07, 6.45) is 2.77. The van der Waals surface area contributed by atoms with Crippen molar-refractivity contribution in [3.8, 4) is 0 Å². The van der Waals surface area contributed by atoms with Crippen molar-refractivity contribution < 1.29 is 9.53 Å². The summed E-state index contributed by atoms with van der Waals surface area (Å²) in [4.78, 5) is 14.2. The molecule has 22 heavy (non-hydrogen) atoms. The predicted octanol–water partition coefficient (Wildman–Crippen LogP) is 1.05. The minimum atomic E-state index is -0.0292. The Morgan fingerprint density at radius 2 is 2.18 bits per heavy atom. The molecule has 2 aromatic rings. The number of hydrogen-bond donors (Lipinski definition) is 0. The molecule has 7 heteroatoms. The predicted molar refractivity (Wildman–Crippen MR) is 78.8 cm³/mol. The van der Waals surface area contributed by atoms with Crippen LogP contribution in [-0.2, 0) is 16.1 Å². The van der Waals surface area contributed by atoms with Gasteiger partial charge in [-0.2, -0.15) is 0 Å². The number of carbonyl (C=O) groups is 1. The molecule has 3 rings (SSSR count). The third kappa shape index (κ3) is 3.67. The van der Waals surface area contributed by atoms with Crippen LogP contribution in [-0.4, -0.2) is 50.7 Å². The summed E-state index contributed by atoms with van der Waals surface area (Å²) in [5.74, 6) is 0.164. The summed E-state index contributed by atoms with van der Waals surface area (Å²) in [7, 11) is 0. The Kier molecular flexibility index (Phi) is 4.75. The van der Waals surface area contributed by atoms with Gasteiger partial charge in [0.1, 0.15) is 12.4 Å². The van der Waals surface area contributed by atoms with E-state index < -0.39 is 0 Å². The van der Waals surface area contributed by atoms with Gasteiger partial charge in [-0.1, -0.05) is 30.3 Å². The molecular weight excluding hydrogens is 282 g/mol. The summed E-state index contributed by atoms with van der Waals surface area (Å²) in [6, 6.07) is 10.0. The fourth-order valence-electron chi connectivity index (χ4n) is 2.58. The van der Waals surface area contributed by atoms with Crippen molar-refractivity contribution >= 4 is 5.91 Å². The second-order valence-corrected chi connectivity index (χ2v) is 5.29. The van der Waals surface area contributed by atoms with Gasteiger partial charge in [0.05, 0.1) is 13.2 Å². The van der Waals surface area contributed by atoms with E-state index in [0.717, 1.165) is 12.0 Å². The van der Waals surface area contributed by atoms with Crippen molar-refractivity contribution in [3.05, 3.63) is 42.2 Å². The number of morpholine rings is 1. The molecule has 1 aromatic carbocycles. The van der Waals surface area contributed by atoms with E-state index in [2.05, 4.69) is 15.5 Å². The molecule has 0 radical (unpaired) electrons. The van der Waals surface area contributed by atoms with Crippen LogP contribution in [0.15, 0.2) is 36.7 Å². The summed E-state index contributed by atoms with van der Waals surface area (Å²) in [5, 5.41) is 10.9. The minimum Gasteiger partial charge on any atom is -0.370 e. The van der Waals surface area contributed by atoms with Gasteiger partial charge in [-0.15, -0.1) is 5.10 Å². The van der Waals surface area contributed by atoms with Gasteiger partial charge in [0.15, 0.2) is 0 Å². The molecule has 1 saturated heterocycles. The highest BCUT2D eigenvalue weighted by atomic mass is 16.5. The highest BCUT2D eigenvalue weighted by Crippen LogP contribution is 2.22. The van der Waals surface area contributed by atoms with Crippen molar-refractivity contribution in [2.75, 3.05) is 19.7 Å². The SMILES string of the molecule is O=C(CCCn1cnnn1)N1CCO[C@H](c2ccccc2)C1. The first-order valence-corrected chi connectivity index (χ1v) is 7.48. The largest absolute Gasteiger partial charge is 0.370 e. The number of aryl methyl sites for hydroxylation is 1. The van der Waals surface area contributed by atoms with E-state index in [-0.39, 0.29) is 12.0 Å². The number of aromatic nitrogens is 4. The number of ether oxygens (including phenoxy) is 1. The third-order valence-electron chi connectivity index (χ3n) is 3.76. The van der Waals surface area contributed by atoms with Gasteiger partial charge in [-0.3, -0.25) is 4.79 Å². The number of tetrazole rings is 1. The molecule has 0 aliphatic carbocycles. The van der Waals surface area contributed by atoms with E-state index in [1.165, 1.54) is 0 Å². The van der Waals surface area contributed by atoms with Crippen LogP contribution in [0.2, 0.25) is 0 Å². The van der Waals surface area contributed by atoms with Crippen LogP contribution < -0.4 is 0 Å². The lowest BCUT2D eigenvalue weighted by Gasteiger charge is -2.33. The van der Waals surface area contributed by atoms with Crippen LogP contribution in [0.3, 0.4) is 0 Å². The molecule has 1 amide bonds. The molecule has 1 atom stereocenters. The normalized spacial score (nSPS) is 18.4. The molecule has 0 spiro atoms. The van der Waals surface area contributed by atoms with E-state index in [4.69, 9.17) is 4.74 Å². The van der Waals surface area contributed by atoms with E-state index >= 15 is 0 Å². The average molecular weight is 301 g/mol. The quantitative estimate of drug-likeness (QED) is 0.825. The Hall–Kier alpha value is -2.28. The molecule has 0 unspecified atom stereocenters. The van der Waals surface area contributed by atoms with Crippen LogP contribution >= 0.6 is 0 Å². The number of carbonyl (C=O) groups excluding carboxylic acids is 1. The van der Waals surface area contributed by atoms with Gasteiger partial charge in [0.2, 0.25) is 5.91 Å². The van der Waals surface area contributed by atoms with Crippen molar-refractivity contribution in [3.63, 3.8) is 0 Å². The molecule has 0 N–H and O–H groups in total. The highest BCUT2D eigenvalue weighted by molar-refractivity contribution is 5.76. The lowest BCUT2D eigenvalue weighted by atomic mass is 10.1. The number of amides is 1. The van der Waals surface area contributed by atoms with Crippen LogP contribution in [0.5, 0.6) is 0 Å². The van der Waals surface area contributed by atoms with Crippen molar-refractivity contribution in [1.29, 1.82) is 0 Å². The molecule has 1 fully saturated rings. The number of benzene rings is 1. The number of hydrogen-bond acceptors (Lipinski definition) is 5. The lowest BCUT2D eigenvalue weighted by molar-refractivity contribution is -0.139. The summed E-state index contributed by atoms with van der Waals surface area (Å²) in [5.41, 5.74) is 1.12. The average Bonchev–Trinajstić information content (AvgIpc) is 3.09. The second kappa shape index (κ2) is 7.13. The summed E-state index contributed by atoms with van der Waals surface area (Å²) >= 11 is 0. The Labute approximate surface area is 128 Å². The highest BCUT2D eigenvalue weighted by Gasteiger charge is 2.24. The van der Waals surface area contributed by atoms with Gasteiger partial charge in [-0.05, 0) is 22.4 Å². The van der Waals surface area contributed by atoms with Gasteiger partial charge in [-0.25, -0.2) is 4.68 Å². The zero-order chi connectivity index (χ0) is 15.2. The van der Waals surface area contributed by atoms with E-state index in [1.54, 1.807) is 11.0 Å². The van der Waals surface area contributed by atoms with Crippen LogP contribution in [0, 0.1) is 0 Å². The van der Waals surface area contributed by atoms with Gasteiger partial charge in [0, 0.05) is 19.5 Å². The maximum Gasteiger partial charge on any atom is 0.222 e. The van der Waals surface area contributed by atoms with E-state index in [9.17, 15) is 4.79 Å². The first-order valence-electron chi connectivity index (χ1n) is 7.48. The van der Waals surface area contributed by atoms with Crippen LogP contribution in [0.1, 0.15) is 24.5 Å². The second-order valence-electron chi connectivity index (χ2n) is 5.29. The molecule has 1 aromatic heterocycles. The van der Waals surface area contributed by atoms with Gasteiger partial charge < -0.3 is 9.64 Å². The Morgan fingerprint density at radius 3 is 2.95 bits per heavy atom. The maximum atomic E-state index is 12.3. The number of rotatable bonds is 5. The first kappa shape index (κ1) is 14.6. The van der Waals surface area contributed by atoms with Crippen molar-refractivity contribution in [2.45, 2.75) is 25.5 Å². The van der Waals surface area contributed by atoms with Gasteiger partial charge >= 0.3 is 0 Å². The Morgan fingerprint density at radius 1 is 1.32 bits per heavy atom. The summed E-state index contributed by atoms with van der Waals surface area (Å²) in [6.45, 7) is 2.52. The monoisotopic (exact) mass is 301 g/mol. The third-order valence-corrected chi connectivity index (χ3v) is 3.76. The Bertz CT molecular complexity index is 587. The molecule has 1 aliphatic heterocycles. The molecule has 7 nitrogen and oxygen atoms in total. The molecule has 116 valence electrons.